The number of hydrogen-bond acceptors (Lipinski definition) is 3. The third-order valence-electron chi connectivity index (χ3n) is 4.51. The Kier molecular flexibility index (Phi) is 5.49. The number of carbonyl (C=O) groups is 1. The Labute approximate surface area is 177 Å². The highest BCUT2D eigenvalue weighted by Crippen LogP contribution is 2.22. The van der Waals surface area contributed by atoms with Gasteiger partial charge < -0.3 is 15.5 Å². The first-order valence-corrected chi connectivity index (χ1v) is 9.39. The number of hydrogen-bond donors (Lipinski definition) is 3. The number of benzene rings is 3. The molecule has 0 saturated carbocycles. The molecular formula is C25H27NO3. The lowest BCUT2D eigenvalue weighted by atomic mass is 9.99. The van der Waals surface area contributed by atoms with Gasteiger partial charge in [-0.2, -0.15) is 0 Å². The Morgan fingerprint density at radius 2 is 1.76 bits per heavy atom. The summed E-state index contributed by atoms with van der Waals surface area (Å²) in [5.41, 5.74) is 3.67. The van der Waals surface area contributed by atoms with Crippen molar-refractivity contribution in [3.05, 3.63) is 95.1 Å². The van der Waals surface area contributed by atoms with Gasteiger partial charge in [0.15, 0.2) is 0 Å². The highest BCUT2D eigenvalue weighted by Gasteiger charge is 2.07. The number of aromatic carboxylic acids is 1. The van der Waals surface area contributed by atoms with Gasteiger partial charge in [-0.05, 0) is 60.6 Å². The summed E-state index contributed by atoms with van der Waals surface area (Å²) in [6, 6.07) is 20.6. The van der Waals surface area contributed by atoms with Crippen LogP contribution in [0.5, 0.6) is 0 Å². The van der Waals surface area contributed by atoms with Crippen LogP contribution in [0.4, 0.5) is 0 Å². The van der Waals surface area contributed by atoms with Gasteiger partial charge in [-0.3, -0.25) is 0 Å². The molecule has 0 aliphatic carbocycles. The van der Waals surface area contributed by atoms with Crippen LogP contribution < -0.4 is 5.32 Å². The van der Waals surface area contributed by atoms with E-state index in [0.717, 1.165) is 11.1 Å². The fraction of sp³-hybridized carbons (Fsp3) is 0.240. The maximum atomic E-state index is 11.2. The van der Waals surface area contributed by atoms with Crippen LogP contribution in [0.25, 0.3) is 11.1 Å². The first kappa shape index (κ1) is 15.9. The van der Waals surface area contributed by atoms with Gasteiger partial charge in [0, 0.05) is 12.0 Å². The van der Waals surface area contributed by atoms with Crippen molar-refractivity contribution in [3.63, 3.8) is 0 Å². The molecule has 3 rings (SSSR count). The number of nitrogens with one attached hydrogen (secondary N) is 1. The van der Waals surface area contributed by atoms with E-state index in [-0.39, 0.29) is 18.5 Å². The number of carboxylic acid groups (broad SMARTS) is 1. The molecule has 4 nitrogen and oxygen atoms in total. The zero-order valence-electron chi connectivity index (χ0n) is 20.2. The highest BCUT2D eigenvalue weighted by atomic mass is 16.4. The summed E-state index contributed by atoms with van der Waals surface area (Å²) >= 11 is 0. The number of aliphatic hydroxyl groups excluding tert-OH is 1. The molecule has 3 N–H and O–H groups in total. The first-order chi connectivity index (χ1) is 15.5. The van der Waals surface area contributed by atoms with Crippen molar-refractivity contribution in [2.75, 3.05) is 13.0 Å². The largest absolute Gasteiger partial charge is 0.478 e. The van der Waals surface area contributed by atoms with Gasteiger partial charge in [0.1, 0.15) is 0 Å². The van der Waals surface area contributed by atoms with Gasteiger partial charge in [-0.1, -0.05) is 66.2 Å². The maximum Gasteiger partial charge on any atom is 0.335 e. The molecule has 29 heavy (non-hydrogen) atoms. The summed E-state index contributed by atoms with van der Waals surface area (Å²) < 4.78 is 33.1. The van der Waals surface area contributed by atoms with Crippen molar-refractivity contribution >= 4 is 5.97 Å². The van der Waals surface area contributed by atoms with Crippen molar-refractivity contribution in [1.29, 1.82) is 0 Å². The van der Waals surface area contributed by atoms with Crippen molar-refractivity contribution in [2.24, 2.45) is 0 Å². The summed E-state index contributed by atoms with van der Waals surface area (Å²) in [5.74, 6) is -1.02. The molecule has 0 saturated heterocycles. The van der Waals surface area contributed by atoms with E-state index in [2.05, 4.69) is 5.32 Å². The molecule has 0 heterocycles. The fourth-order valence-corrected chi connectivity index (χ4v) is 3.03. The molecule has 150 valence electrons. The Morgan fingerprint density at radius 1 is 1.03 bits per heavy atom. The third kappa shape index (κ3) is 6.01. The molecule has 1 atom stereocenters. The highest BCUT2D eigenvalue weighted by molar-refractivity contribution is 5.89. The quantitative estimate of drug-likeness (QED) is 0.496. The molecule has 3 aromatic carbocycles. The van der Waals surface area contributed by atoms with E-state index < -0.39 is 24.9 Å². The van der Waals surface area contributed by atoms with Gasteiger partial charge >= 0.3 is 5.97 Å². The van der Waals surface area contributed by atoms with E-state index in [1.54, 1.807) is 54.6 Å². The molecule has 4 heteroatoms. The Morgan fingerprint density at radius 3 is 2.52 bits per heavy atom. The number of aliphatic hydroxyl groups is 1. The monoisotopic (exact) mass is 393 g/mol. The van der Waals surface area contributed by atoms with Gasteiger partial charge in [0.2, 0.25) is 0 Å². The van der Waals surface area contributed by atoms with Crippen molar-refractivity contribution in [1.82, 2.24) is 5.32 Å². The second-order valence-electron chi connectivity index (χ2n) is 6.83. The van der Waals surface area contributed by atoms with Crippen LogP contribution in [0.1, 0.15) is 45.0 Å². The second-order valence-corrected chi connectivity index (χ2v) is 6.83. The lowest BCUT2D eigenvalue weighted by molar-refractivity contribution is 0.0697. The minimum absolute atomic E-state index is 0.0169. The third-order valence-corrected chi connectivity index (χ3v) is 4.51. The minimum Gasteiger partial charge on any atom is -0.478 e. The van der Waals surface area contributed by atoms with Crippen LogP contribution in [-0.2, 0) is 6.42 Å². The molecule has 0 fully saturated rings. The Bertz CT molecular complexity index is 1130. The number of rotatable bonds is 9. The topological polar surface area (TPSA) is 69.6 Å². The normalized spacial score (nSPS) is 15.0. The second kappa shape index (κ2) is 10.0. The molecule has 0 aliphatic rings. The molecule has 0 radical (unpaired) electrons. The number of carboxylic acids is 1. The van der Waals surface area contributed by atoms with E-state index in [1.807, 2.05) is 19.1 Å². The van der Waals surface area contributed by atoms with Gasteiger partial charge in [-0.15, -0.1) is 0 Å². The summed E-state index contributed by atoms with van der Waals surface area (Å²) in [7, 11) is 0. The van der Waals surface area contributed by atoms with Crippen molar-refractivity contribution in [3.8, 4) is 11.1 Å². The standard InChI is InChI=1S/C25H27NO3/c1-18-6-2-11-22(14-18)24(27)17-26-13-5-8-19-7-3-9-20(15-19)21-10-4-12-23(16-21)25(28)29/h2-4,6-7,9-12,14-16,24,26-27H,5,8,13,17H2,1H3,(H,28,29)/t24-/m0/s1/i5D2,17D2. The molecule has 0 aliphatic heterocycles. The van der Waals surface area contributed by atoms with Gasteiger partial charge in [0.05, 0.1) is 11.7 Å². The zero-order chi connectivity index (χ0) is 24.2. The lowest BCUT2D eigenvalue weighted by Gasteiger charge is -2.13. The maximum absolute atomic E-state index is 11.2. The van der Waals surface area contributed by atoms with Crippen molar-refractivity contribution < 1.29 is 20.5 Å². The van der Waals surface area contributed by atoms with E-state index in [0.29, 0.717) is 16.7 Å². The van der Waals surface area contributed by atoms with Crippen LogP contribution in [0.3, 0.4) is 0 Å². The Balaban J connectivity index is 1.70. The minimum atomic E-state index is -2.22. The fourth-order valence-electron chi connectivity index (χ4n) is 3.03. The smallest absolute Gasteiger partial charge is 0.335 e. The van der Waals surface area contributed by atoms with Gasteiger partial charge in [-0.25, -0.2) is 4.79 Å². The summed E-state index contributed by atoms with van der Waals surface area (Å²) in [6.45, 7) is -0.675. The average Bonchev–Trinajstić information content (AvgIpc) is 2.77. The average molecular weight is 394 g/mol. The van der Waals surface area contributed by atoms with Crippen LogP contribution >= 0.6 is 0 Å². The van der Waals surface area contributed by atoms with Crippen LogP contribution in [0.2, 0.25) is 0 Å². The molecule has 3 aromatic rings. The van der Waals surface area contributed by atoms with E-state index >= 15 is 0 Å². The Hall–Kier alpha value is -2.95. The van der Waals surface area contributed by atoms with Gasteiger partial charge in [0.25, 0.3) is 0 Å². The molecule has 0 aromatic heterocycles. The lowest BCUT2D eigenvalue weighted by Crippen LogP contribution is -2.22. The van der Waals surface area contributed by atoms with Crippen molar-refractivity contribution in [2.45, 2.75) is 25.8 Å². The molecule has 0 bridgehead atoms. The zero-order valence-corrected chi connectivity index (χ0v) is 16.2. The van der Waals surface area contributed by atoms with E-state index in [9.17, 15) is 15.0 Å². The van der Waals surface area contributed by atoms with E-state index in [1.165, 1.54) is 6.07 Å². The predicted molar refractivity (Wildman–Crippen MR) is 116 cm³/mol. The van der Waals surface area contributed by atoms with E-state index in [4.69, 9.17) is 5.48 Å². The summed E-state index contributed by atoms with van der Waals surface area (Å²) in [6.07, 6.45) is -3.22. The number of aryl methyl sites for hydroxylation is 2. The molecule has 0 spiro atoms. The molecular weight excluding hydrogens is 362 g/mol. The predicted octanol–water partition coefficient (Wildman–Crippen LogP) is 4.62. The molecule has 0 unspecified atom stereocenters. The summed E-state index contributed by atoms with van der Waals surface area (Å²) in [5, 5.41) is 22.2. The van der Waals surface area contributed by atoms with Crippen LogP contribution in [0.15, 0.2) is 72.8 Å². The van der Waals surface area contributed by atoms with Crippen LogP contribution in [0, 0.1) is 6.92 Å². The molecule has 0 amide bonds. The summed E-state index contributed by atoms with van der Waals surface area (Å²) in [4.78, 5) is 11.2. The van der Waals surface area contributed by atoms with Crippen LogP contribution in [-0.4, -0.2) is 29.2 Å². The first-order valence-electron chi connectivity index (χ1n) is 11.4. The SMILES string of the molecule is [2H]C([2H])(CNC([2H])([2H])[C@H](O)c1cccc(C)c1)Cc1cccc(-c2cccc(C(=O)O)c2)c1.